The third-order valence-corrected chi connectivity index (χ3v) is 4.50. The van der Waals surface area contributed by atoms with Crippen molar-refractivity contribution in [2.75, 3.05) is 45.9 Å². The van der Waals surface area contributed by atoms with Crippen LogP contribution in [0.25, 0.3) is 10.8 Å². The van der Waals surface area contributed by atoms with E-state index in [1.165, 1.54) is 4.90 Å². The summed E-state index contributed by atoms with van der Waals surface area (Å²) in [5.74, 6) is 0.853. The molecule has 0 atom stereocenters. The molecule has 0 spiro atoms. The monoisotopic (exact) mass is 352 g/mol. The Morgan fingerprint density at radius 3 is 2.44 bits per heavy atom. The number of fused-ring (bicyclic) bond motifs is 1. The first kappa shape index (κ1) is 18.0. The van der Waals surface area contributed by atoms with Gasteiger partial charge in [-0.3, -0.25) is 9.80 Å². The Morgan fingerprint density at radius 1 is 0.880 bits per heavy atom. The number of ether oxygens (including phenoxy) is 1. The summed E-state index contributed by atoms with van der Waals surface area (Å²) in [7, 11) is 0. The Labute approximate surface area is 146 Å². The standard InChI is InChI=1S/C19H23F3N2O/c20-19(21,22)15-24-10-4-9-23(11-12-24)13-14-25-18-8-3-6-16-5-1-2-7-17(16)18/h1-3,5-8H,4,9-15H2. The van der Waals surface area contributed by atoms with Crippen molar-refractivity contribution in [3.8, 4) is 5.75 Å². The average Bonchev–Trinajstić information content (AvgIpc) is 2.79. The van der Waals surface area contributed by atoms with E-state index in [0.717, 1.165) is 36.0 Å². The van der Waals surface area contributed by atoms with Crippen LogP contribution in [0, 0.1) is 0 Å². The molecule has 2 aromatic carbocycles. The summed E-state index contributed by atoms with van der Waals surface area (Å²) in [5.41, 5.74) is 0. The van der Waals surface area contributed by atoms with E-state index >= 15 is 0 Å². The van der Waals surface area contributed by atoms with Crippen LogP contribution in [-0.2, 0) is 0 Å². The van der Waals surface area contributed by atoms with Gasteiger partial charge >= 0.3 is 6.18 Å². The molecule has 0 aliphatic carbocycles. The van der Waals surface area contributed by atoms with E-state index in [4.69, 9.17) is 4.74 Å². The lowest BCUT2D eigenvalue weighted by molar-refractivity contribution is -0.145. The molecule has 1 saturated heterocycles. The van der Waals surface area contributed by atoms with E-state index in [-0.39, 0.29) is 0 Å². The first-order chi connectivity index (χ1) is 12.0. The number of benzene rings is 2. The van der Waals surface area contributed by atoms with Crippen LogP contribution in [0.15, 0.2) is 42.5 Å². The second-order valence-electron chi connectivity index (χ2n) is 6.41. The van der Waals surface area contributed by atoms with E-state index in [9.17, 15) is 13.2 Å². The van der Waals surface area contributed by atoms with Crippen LogP contribution in [0.5, 0.6) is 5.75 Å². The van der Waals surface area contributed by atoms with Crippen LogP contribution in [0.3, 0.4) is 0 Å². The lowest BCUT2D eigenvalue weighted by atomic mass is 10.1. The maximum atomic E-state index is 12.5. The third-order valence-electron chi connectivity index (χ3n) is 4.50. The van der Waals surface area contributed by atoms with Crippen LogP contribution < -0.4 is 4.74 Å². The summed E-state index contributed by atoms with van der Waals surface area (Å²) in [5, 5.41) is 2.22. The molecular weight excluding hydrogens is 329 g/mol. The number of halogens is 3. The molecule has 1 aliphatic rings. The maximum absolute atomic E-state index is 12.5. The van der Waals surface area contributed by atoms with Gasteiger partial charge < -0.3 is 4.74 Å². The highest BCUT2D eigenvalue weighted by molar-refractivity contribution is 5.88. The van der Waals surface area contributed by atoms with Gasteiger partial charge in [0.2, 0.25) is 0 Å². The minimum Gasteiger partial charge on any atom is -0.492 e. The lowest BCUT2D eigenvalue weighted by Gasteiger charge is -2.22. The van der Waals surface area contributed by atoms with Crippen molar-refractivity contribution >= 4 is 10.8 Å². The summed E-state index contributed by atoms with van der Waals surface area (Å²) < 4.78 is 43.5. The van der Waals surface area contributed by atoms with Crippen molar-refractivity contribution in [3.05, 3.63) is 42.5 Å². The molecule has 136 valence electrons. The SMILES string of the molecule is FC(F)(F)CN1CCCN(CCOc2cccc3ccccc23)CC1. The second-order valence-corrected chi connectivity index (χ2v) is 6.41. The molecule has 0 amide bonds. The van der Waals surface area contributed by atoms with Crippen molar-refractivity contribution in [1.82, 2.24) is 9.80 Å². The molecule has 25 heavy (non-hydrogen) atoms. The normalized spacial score (nSPS) is 17.6. The molecule has 0 N–H and O–H groups in total. The Kier molecular flexibility index (Phi) is 5.81. The molecule has 6 heteroatoms. The fourth-order valence-corrected chi connectivity index (χ4v) is 3.27. The molecule has 0 saturated carbocycles. The zero-order chi connectivity index (χ0) is 17.7. The summed E-state index contributed by atoms with van der Waals surface area (Å²) in [6.07, 6.45) is -3.36. The van der Waals surface area contributed by atoms with Crippen LogP contribution >= 0.6 is 0 Å². The minimum atomic E-state index is -4.12. The van der Waals surface area contributed by atoms with Crippen LogP contribution in [0.4, 0.5) is 13.2 Å². The molecule has 1 heterocycles. The Hall–Kier alpha value is -1.79. The summed E-state index contributed by atoms with van der Waals surface area (Å²) in [6.45, 7) is 2.86. The van der Waals surface area contributed by atoms with Gasteiger partial charge in [0.05, 0.1) is 6.54 Å². The van der Waals surface area contributed by atoms with E-state index in [1.807, 2.05) is 42.5 Å². The number of alkyl halides is 3. The smallest absolute Gasteiger partial charge is 0.401 e. The van der Waals surface area contributed by atoms with E-state index in [2.05, 4.69) is 4.90 Å². The topological polar surface area (TPSA) is 15.7 Å². The van der Waals surface area contributed by atoms with Crippen molar-refractivity contribution in [3.63, 3.8) is 0 Å². The zero-order valence-corrected chi connectivity index (χ0v) is 14.1. The highest BCUT2D eigenvalue weighted by Gasteiger charge is 2.31. The summed E-state index contributed by atoms with van der Waals surface area (Å²) in [6, 6.07) is 14.0. The Morgan fingerprint density at radius 2 is 1.60 bits per heavy atom. The predicted molar refractivity (Wildman–Crippen MR) is 93.0 cm³/mol. The first-order valence-electron chi connectivity index (χ1n) is 8.63. The molecule has 3 nitrogen and oxygen atoms in total. The minimum absolute atomic E-state index is 0.452. The van der Waals surface area contributed by atoms with Gasteiger partial charge in [-0.1, -0.05) is 36.4 Å². The predicted octanol–water partition coefficient (Wildman–Crippen LogP) is 3.79. The fraction of sp³-hybridized carbons (Fsp3) is 0.474. The molecule has 1 fully saturated rings. The van der Waals surface area contributed by atoms with Gasteiger partial charge in [-0.05, 0) is 31.0 Å². The highest BCUT2D eigenvalue weighted by atomic mass is 19.4. The van der Waals surface area contributed by atoms with Crippen molar-refractivity contribution in [2.45, 2.75) is 12.6 Å². The number of rotatable bonds is 5. The van der Waals surface area contributed by atoms with E-state index in [0.29, 0.717) is 26.2 Å². The Bertz CT molecular complexity index is 684. The highest BCUT2D eigenvalue weighted by Crippen LogP contribution is 2.25. The first-order valence-corrected chi connectivity index (χ1v) is 8.63. The van der Waals surface area contributed by atoms with Crippen LogP contribution in [0.2, 0.25) is 0 Å². The molecule has 0 radical (unpaired) electrons. The van der Waals surface area contributed by atoms with Gasteiger partial charge in [-0.15, -0.1) is 0 Å². The molecule has 0 bridgehead atoms. The van der Waals surface area contributed by atoms with Gasteiger partial charge in [0.1, 0.15) is 12.4 Å². The van der Waals surface area contributed by atoms with E-state index < -0.39 is 12.7 Å². The lowest BCUT2D eigenvalue weighted by Crippen LogP contribution is -2.37. The van der Waals surface area contributed by atoms with E-state index in [1.54, 1.807) is 0 Å². The molecule has 2 aromatic rings. The maximum Gasteiger partial charge on any atom is 0.401 e. The number of hydrogen-bond donors (Lipinski definition) is 0. The summed E-state index contributed by atoms with van der Waals surface area (Å²) in [4.78, 5) is 3.67. The molecular formula is C19H23F3N2O. The number of nitrogens with zero attached hydrogens (tertiary/aromatic N) is 2. The molecule has 0 unspecified atom stereocenters. The fourth-order valence-electron chi connectivity index (χ4n) is 3.27. The van der Waals surface area contributed by atoms with Crippen molar-refractivity contribution in [1.29, 1.82) is 0 Å². The number of hydrogen-bond acceptors (Lipinski definition) is 3. The quantitative estimate of drug-likeness (QED) is 0.814. The van der Waals surface area contributed by atoms with Crippen LogP contribution in [-0.4, -0.2) is 61.9 Å². The van der Waals surface area contributed by atoms with Crippen molar-refractivity contribution in [2.24, 2.45) is 0 Å². The molecule has 1 aliphatic heterocycles. The van der Waals surface area contributed by atoms with Gasteiger partial charge in [0, 0.05) is 25.0 Å². The van der Waals surface area contributed by atoms with Gasteiger partial charge in [0.15, 0.2) is 0 Å². The third kappa shape index (κ3) is 5.34. The van der Waals surface area contributed by atoms with Crippen molar-refractivity contribution < 1.29 is 17.9 Å². The average molecular weight is 352 g/mol. The Balaban J connectivity index is 1.49. The zero-order valence-electron chi connectivity index (χ0n) is 14.1. The largest absolute Gasteiger partial charge is 0.492 e. The molecule has 0 aromatic heterocycles. The van der Waals surface area contributed by atoms with Gasteiger partial charge in [-0.2, -0.15) is 13.2 Å². The van der Waals surface area contributed by atoms with Gasteiger partial charge in [-0.25, -0.2) is 0 Å². The second kappa shape index (κ2) is 8.06. The van der Waals surface area contributed by atoms with Crippen LogP contribution in [0.1, 0.15) is 6.42 Å². The molecule has 3 rings (SSSR count). The summed E-state index contributed by atoms with van der Waals surface area (Å²) >= 11 is 0. The van der Waals surface area contributed by atoms with Gasteiger partial charge in [0.25, 0.3) is 0 Å².